The molecule has 1 amide bonds. The van der Waals surface area contributed by atoms with Crippen LogP contribution in [0, 0.1) is 5.92 Å². The highest BCUT2D eigenvalue weighted by Gasteiger charge is 2.27. The van der Waals surface area contributed by atoms with Crippen LogP contribution in [0.5, 0.6) is 0 Å². The van der Waals surface area contributed by atoms with Crippen molar-refractivity contribution >= 4 is 5.91 Å². The van der Waals surface area contributed by atoms with Crippen LogP contribution in [0.25, 0.3) is 0 Å². The summed E-state index contributed by atoms with van der Waals surface area (Å²) in [5, 5.41) is 3.08. The Bertz CT molecular complexity index is 211. The lowest BCUT2D eigenvalue weighted by atomic mass is 10.0. The molecule has 14 heavy (non-hydrogen) atoms. The average molecular weight is 196 g/mol. The maximum Gasteiger partial charge on any atom is 0.223 e. The van der Waals surface area contributed by atoms with Crippen LogP contribution in [-0.4, -0.2) is 37.0 Å². The van der Waals surface area contributed by atoms with Gasteiger partial charge in [-0.2, -0.15) is 0 Å². The Hall–Kier alpha value is -0.570. The number of likely N-dealkylation sites (tertiary alicyclic amines) is 1. The molecule has 3 nitrogen and oxygen atoms in total. The van der Waals surface area contributed by atoms with E-state index in [1.54, 1.807) is 0 Å². The smallest absolute Gasteiger partial charge is 0.223 e. The van der Waals surface area contributed by atoms with Gasteiger partial charge in [0.25, 0.3) is 0 Å². The van der Waals surface area contributed by atoms with Crippen molar-refractivity contribution in [2.24, 2.45) is 5.92 Å². The first-order chi connectivity index (χ1) is 6.77. The third kappa shape index (κ3) is 2.08. The van der Waals surface area contributed by atoms with E-state index in [1.807, 2.05) is 0 Å². The van der Waals surface area contributed by atoms with Crippen molar-refractivity contribution in [3.8, 4) is 0 Å². The molecule has 0 aromatic carbocycles. The normalized spacial score (nSPS) is 28.8. The van der Waals surface area contributed by atoms with E-state index >= 15 is 0 Å². The summed E-state index contributed by atoms with van der Waals surface area (Å²) < 4.78 is 0. The van der Waals surface area contributed by atoms with Gasteiger partial charge in [-0.15, -0.1) is 0 Å². The van der Waals surface area contributed by atoms with Crippen molar-refractivity contribution in [1.29, 1.82) is 0 Å². The number of likely N-dealkylation sites (N-methyl/N-ethyl adjacent to an activating group) is 1. The molecule has 1 unspecified atom stereocenters. The molecular weight excluding hydrogens is 176 g/mol. The van der Waals surface area contributed by atoms with Crippen LogP contribution in [0.4, 0.5) is 0 Å². The molecule has 0 bridgehead atoms. The fraction of sp³-hybridized carbons (Fsp3) is 0.909. The number of hydrogen-bond acceptors (Lipinski definition) is 2. The number of rotatable bonds is 3. The zero-order chi connectivity index (χ0) is 9.97. The van der Waals surface area contributed by atoms with E-state index in [2.05, 4.69) is 17.3 Å². The molecule has 1 N–H and O–H groups in total. The number of hydrogen-bond donors (Lipinski definition) is 1. The van der Waals surface area contributed by atoms with Crippen molar-refractivity contribution in [3.05, 3.63) is 0 Å². The molecule has 1 aliphatic heterocycles. The number of nitrogens with one attached hydrogen (secondary N) is 1. The van der Waals surface area contributed by atoms with E-state index in [-0.39, 0.29) is 0 Å². The summed E-state index contributed by atoms with van der Waals surface area (Å²) in [5.74, 6) is 0.614. The van der Waals surface area contributed by atoms with Gasteiger partial charge >= 0.3 is 0 Å². The Labute approximate surface area is 85.8 Å². The first-order valence-electron chi connectivity index (χ1n) is 5.75. The topological polar surface area (TPSA) is 32.3 Å². The quantitative estimate of drug-likeness (QED) is 0.730. The first kappa shape index (κ1) is 9.97. The lowest BCUT2D eigenvalue weighted by molar-refractivity contribution is -0.125. The van der Waals surface area contributed by atoms with Gasteiger partial charge in [0.05, 0.1) is 0 Å². The van der Waals surface area contributed by atoms with Gasteiger partial charge in [0.1, 0.15) is 0 Å². The summed E-state index contributed by atoms with van der Waals surface area (Å²) in [7, 11) is 2.12. The van der Waals surface area contributed by atoms with E-state index in [1.165, 1.54) is 25.8 Å². The van der Waals surface area contributed by atoms with Gasteiger partial charge in [-0.1, -0.05) is 12.8 Å². The van der Waals surface area contributed by atoms with E-state index < -0.39 is 0 Å². The van der Waals surface area contributed by atoms with Crippen LogP contribution < -0.4 is 5.32 Å². The van der Waals surface area contributed by atoms with E-state index in [4.69, 9.17) is 0 Å². The molecule has 0 spiro atoms. The van der Waals surface area contributed by atoms with Crippen LogP contribution in [0.1, 0.15) is 32.1 Å². The second-order valence-electron chi connectivity index (χ2n) is 4.65. The minimum Gasteiger partial charge on any atom is -0.354 e. The minimum absolute atomic E-state index is 0.294. The Morgan fingerprint density at radius 1 is 1.36 bits per heavy atom. The summed E-state index contributed by atoms with van der Waals surface area (Å²) in [4.78, 5) is 14.0. The Morgan fingerprint density at radius 2 is 2.07 bits per heavy atom. The summed E-state index contributed by atoms with van der Waals surface area (Å²) in [6.45, 7) is 2.04. The molecule has 1 saturated heterocycles. The fourth-order valence-corrected chi connectivity index (χ4v) is 2.38. The zero-order valence-corrected chi connectivity index (χ0v) is 8.96. The van der Waals surface area contributed by atoms with Crippen LogP contribution >= 0.6 is 0 Å². The molecule has 1 atom stereocenters. The summed E-state index contributed by atoms with van der Waals surface area (Å²) in [6, 6.07) is 0.598. The van der Waals surface area contributed by atoms with Crippen LogP contribution in [-0.2, 0) is 4.79 Å². The maximum absolute atomic E-state index is 11.7. The highest BCUT2D eigenvalue weighted by atomic mass is 16.1. The monoisotopic (exact) mass is 196 g/mol. The second kappa shape index (κ2) is 4.30. The molecule has 2 fully saturated rings. The second-order valence-corrected chi connectivity index (χ2v) is 4.65. The number of nitrogens with zero attached hydrogens (tertiary/aromatic N) is 1. The Morgan fingerprint density at radius 3 is 2.57 bits per heavy atom. The molecule has 2 rings (SSSR count). The van der Waals surface area contributed by atoms with Crippen LogP contribution in [0.3, 0.4) is 0 Å². The van der Waals surface area contributed by atoms with Crippen LogP contribution in [0.2, 0.25) is 0 Å². The molecule has 1 saturated carbocycles. The number of carbonyl (C=O) groups excluding carboxylic acids is 1. The van der Waals surface area contributed by atoms with E-state index in [0.29, 0.717) is 17.9 Å². The van der Waals surface area contributed by atoms with Gasteiger partial charge in [-0.3, -0.25) is 4.79 Å². The summed E-state index contributed by atoms with van der Waals surface area (Å²) in [5.41, 5.74) is 0. The van der Waals surface area contributed by atoms with Crippen molar-refractivity contribution in [3.63, 3.8) is 0 Å². The van der Waals surface area contributed by atoms with Crippen molar-refractivity contribution in [2.75, 3.05) is 20.1 Å². The third-order valence-corrected chi connectivity index (χ3v) is 3.68. The van der Waals surface area contributed by atoms with Crippen molar-refractivity contribution in [2.45, 2.75) is 38.1 Å². The van der Waals surface area contributed by atoms with Crippen LogP contribution in [0.15, 0.2) is 0 Å². The van der Waals surface area contributed by atoms with Crippen molar-refractivity contribution < 1.29 is 4.79 Å². The third-order valence-electron chi connectivity index (χ3n) is 3.68. The predicted octanol–water partition coefficient (Wildman–Crippen LogP) is 0.997. The van der Waals surface area contributed by atoms with Gasteiger partial charge < -0.3 is 10.2 Å². The van der Waals surface area contributed by atoms with Crippen molar-refractivity contribution in [1.82, 2.24) is 10.2 Å². The molecule has 0 radical (unpaired) electrons. The number of amides is 1. The largest absolute Gasteiger partial charge is 0.354 e. The molecule has 3 heteroatoms. The lowest BCUT2D eigenvalue weighted by Crippen LogP contribution is -2.51. The first-order valence-corrected chi connectivity index (χ1v) is 5.75. The average Bonchev–Trinajstić information content (AvgIpc) is 2.68. The molecule has 1 heterocycles. The predicted molar refractivity (Wildman–Crippen MR) is 56.0 cm³/mol. The van der Waals surface area contributed by atoms with E-state index in [9.17, 15) is 4.79 Å². The minimum atomic E-state index is 0.294. The molecular formula is C11H20N2O. The summed E-state index contributed by atoms with van der Waals surface area (Å²) >= 11 is 0. The molecule has 0 aromatic heterocycles. The highest BCUT2D eigenvalue weighted by Crippen LogP contribution is 2.24. The Kier molecular flexibility index (Phi) is 3.06. The van der Waals surface area contributed by atoms with Gasteiger partial charge in [0.2, 0.25) is 5.91 Å². The molecule has 80 valence electrons. The zero-order valence-electron chi connectivity index (χ0n) is 8.96. The van der Waals surface area contributed by atoms with Gasteiger partial charge in [0.15, 0.2) is 0 Å². The van der Waals surface area contributed by atoms with Gasteiger partial charge in [-0.25, -0.2) is 0 Å². The molecule has 1 aliphatic carbocycles. The Balaban J connectivity index is 1.66. The highest BCUT2D eigenvalue weighted by molar-refractivity contribution is 5.78. The van der Waals surface area contributed by atoms with E-state index in [0.717, 1.165) is 19.4 Å². The maximum atomic E-state index is 11.7. The molecule has 2 aliphatic rings. The summed E-state index contributed by atoms with van der Waals surface area (Å²) in [6.07, 6.45) is 5.92. The SMILES string of the molecule is CN1CCC1CNC(=O)C1CCCC1. The fourth-order valence-electron chi connectivity index (χ4n) is 2.38. The number of carbonyl (C=O) groups is 1. The van der Waals surface area contributed by atoms with Gasteiger partial charge in [0, 0.05) is 18.5 Å². The standard InChI is InChI=1S/C11H20N2O/c1-13-7-6-10(13)8-12-11(14)9-4-2-3-5-9/h9-10H,2-8H2,1H3,(H,12,14). The van der Waals surface area contributed by atoms with Gasteiger partial charge in [-0.05, 0) is 32.9 Å². The lowest BCUT2D eigenvalue weighted by Gasteiger charge is -2.38. The molecule has 0 aromatic rings.